The van der Waals surface area contributed by atoms with Crippen LogP contribution in [0.15, 0.2) is 28.8 Å². The van der Waals surface area contributed by atoms with Crippen LogP contribution in [-0.4, -0.2) is 41.1 Å². The van der Waals surface area contributed by atoms with Crippen molar-refractivity contribution in [3.8, 4) is 17.1 Å². The number of likely N-dealkylation sites (N-methyl/N-ethyl adjacent to an activating group) is 1. The first-order chi connectivity index (χ1) is 10.2. The summed E-state index contributed by atoms with van der Waals surface area (Å²) in [6, 6.07) is 7.35. The predicted molar refractivity (Wildman–Crippen MR) is 77.9 cm³/mol. The van der Waals surface area contributed by atoms with Gasteiger partial charge in [0.2, 0.25) is 17.6 Å². The Kier molecular flexibility index (Phi) is 4.92. The van der Waals surface area contributed by atoms with Gasteiger partial charge in [0.1, 0.15) is 12.2 Å². The molecule has 0 aliphatic carbocycles. The van der Waals surface area contributed by atoms with Crippen LogP contribution < -0.4 is 4.74 Å². The molecule has 2 aromatic rings. The molecule has 0 saturated heterocycles. The number of carbonyl (C=O) groups excluding carboxylic acids is 1. The van der Waals surface area contributed by atoms with E-state index in [4.69, 9.17) is 9.26 Å². The molecule has 0 N–H and O–H groups in total. The number of amides is 1. The second kappa shape index (κ2) is 6.88. The molecular weight excluding hydrogens is 270 g/mol. The van der Waals surface area contributed by atoms with Crippen LogP contribution in [-0.2, 0) is 11.2 Å². The van der Waals surface area contributed by atoms with Crippen molar-refractivity contribution in [1.82, 2.24) is 15.0 Å². The summed E-state index contributed by atoms with van der Waals surface area (Å²) in [5.74, 6) is 1.56. The second-order valence-corrected chi connectivity index (χ2v) is 4.48. The molecule has 21 heavy (non-hydrogen) atoms. The molecule has 1 aromatic carbocycles. The number of carbonyl (C=O) groups is 1. The van der Waals surface area contributed by atoms with E-state index in [1.165, 1.54) is 0 Å². The number of aromatic nitrogens is 2. The molecule has 1 aromatic heterocycles. The summed E-state index contributed by atoms with van der Waals surface area (Å²) in [6.45, 7) is 5.24. The first-order valence-electron chi connectivity index (χ1n) is 6.92. The minimum absolute atomic E-state index is 0.00932. The molecule has 0 unspecified atom stereocenters. The van der Waals surface area contributed by atoms with Crippen LogP contribution in [0.4, 0.5) is 0 Å². The van der Waals surface area contributed by atoms with Gasteiger partial charge in [-0.25, -0.2) is 0 Å². The van der Waals surface area contributed by atoms with E-state index in [0.29, 0.717) is 24.8 Å². The van der Waals surface area contributed by atoms with Gasteiger partial charge >= 0.3 is 0 Å². The minimum atomic E-state index is -0.00932. The molecule has 6 nitrogen and oxygen atoms in total. The lowest BCUT2D eigenvalue weighted by atomic mass is 10.2. The van der Waals surface area contributed by atoms with Crippen molar-refractivity contribution < 1.29 is 14.1 Å². The Labute approximate surface area is 123 Å². The van der Waals surface area contributed by atoms with Crippen molar-refractivity contribution in [2.75, 3.05) is 20.2 Å². The highest BCUT2D eigenvalue weighted by Crippen LogP contribution is 2.19. The summed E-state index contributed by atoms with van der Waals surface area (Å²) < 4.78 is 10.2. The van der Waals surface area contributed by atoms with Crippen molar-refractivity contribution in [3.63, 3.8) is 0 Å². The van der Waals surface area contributed by atoms with E-state index in [0.717, 1.165) is 11.3 Å². The monoisotopic (exact) mass is 289 g/mol. The van der Waals surface area contributed by atoms with Crippen molar-refractivity contribution in [2.24, 2.45) is 0 Å². The Hall–Kier alpha value is -2.37. The zero-order chi connectivity index (χ0) is 15.2. The fourth-order valence-electron chi connectivity index (χ4n) is 2.00. The van der Waals surface area contributed by atoms with Gasteiger partial charge in [0.05, 0.1) is 7.11 Å². The molecule has 0 spiro atoms. The van der Waals surface area contributed by atoms with Crippen molar-refractivity contribution in [3.05, 3.63) is 30.2 Å². The molecule has 6 heteroatoms. The maximum Gasteiger partial charge on any atom is 0.236 e. The number of benzene rings is 1. The number of nitrogens with zero attached hydrogens (tertiary/aromatic N) is 3. The standard InChI is InChI=1S/C15H19N3O3/c1-4-18(5-2)14(19)10-13-16-15(17-21-13)11-6-8-12(20-3)9-7-11/h6-9H,4-5,10H2,1-3H3. The predicted octanol–water partition coefficient (Wildman–Crippen LogP) is 2.16. The number of hydrogen-bond acceptors (Lipinski definition) is 5. The van der Waals surface area contributed by atoms with Gasteiger partial charge in [0, 0.05) is 18.7 Å². The van der Waals surface area contributed by atoms with E-state index in [2.05, 4.69) is 10.1 Å². The highest BCUT2D eigenvalue weighted by atomic mass is 16.5. The third kappa shape index (κ3) is 3.59. The first kappa shape index (κ1) is 15.0. The van der Waals surface area contributed by atoms with Crippen molar-refractivity contribution in [1.29, 1.82) is 0 Å². The highest BCUT2D eigenvalue weighted by Gasteiger charge is 2.16. The fraction of sp³-hybridized carbons (Fsp3) is 0.400. The second-order valence-electron chi connectivity index (χ2n) is 4.48. The van der Waals surface area contributed by atoms with Crippen LogP contribution in [0, 0.1) is 0 Å². The topological polar surface area (TPSA) is 68.5 Å². The van der Waals surface area contributed by atoms with Crippen molar-refractivity contribution >= 4 is 5.91 Å². The molecule has 112 valence electrons. The molecular formula is C15H19N3O3. The maximum atomic E-state index is 12.0. The number of ether oxygens (including phenoxy) is 1. The highest BCUT2D eigenvalue weighted by molar-refractivity contribution is 5.77. The van der Waals surface area contributed by atoms with E-state index in [-0.39, 0.29) is 12.3 Å². The van der Waals surface area contributed by atoms with Crippen molar-refractivity contribution in [2.45, 2.75) is 20.3 Å². The van der Waals surface area contributed by atoms with E-state index in [1.54, 1.807) is 12.0 Å². The average Bonchev–Trinajstić information content (AvgIpc) is 2.97. The van der Waals surface area contributed by atoms with Crippen LogP contribution >= 0.6 is 0 Å². The number of methoxy groups -OCH3 is 1. The third-order valence-electron chi connectivity index (χ3n) is 3.23. The van der Waals surface area contributed by atoms with Gasteiger partial charge in [0.25, 0.3) is 0 Å². The van der Waals surface area contributed by atoms with E-state index < -0.39 is 0 Å². The summed E-state index contributed by atoms with van der Waals surface area (Å²) in [5, 5.41) is 3.91. The molecule has 1 heterocycles. The molecule has 0 aliphatic rings. The van der Waals surface area contributed by atoms with Gasteiger partial charge < -0.3 is 14.2 Å². The van der Waals surface area contributed by atoms with Crippen LogP contribution in [0.1, 0.15) is 19.7 Å². The van der Waals surface area contributed by atoms with E-state index in [9.17, 15) is 4.79 Å². The van der Waals surface area contributed by atoms with Gasteiger partial charge in [-0.05, 0) is 38.1 Å². The molecule has 0 bridgehead atoms. The van der Waals surface area contributed by atoms with Crippen LogP contribution in [0.5, 0.6) is 5.75 Å². The zero-order valence-corrected chi connectivity index (χ0v) is 12.5. The lowest BCUT2D eigenvalue weighted by Crippen LogP contribution is -2.31. The quantitative estimate of drug-likeness (QED) is 0.815. The summed E-state index contributed by atoms with van der Waals surface area (Å²) in [7, 11) is 1.61. The van der Waals surface area contributed by atoms with Gasteiger partial charge in [-0.3, -0.25) is 4.79 Å². The van der Waals surface area contributed by atoms with Gasteiger partial charge in [-0.15, -0.1) is 0 Å². The zero-order valence-electron chi connectivity index (χ0n) is 12.5. The third-order valence-corrected chi connectivity index (χ3v) is 3.23. The Morgan fingerprint density at radius 3 is 2.48 bits per heavy atom. The fourth-order valence-corrected chi connectivity index (χ4v) is 2.00. The molecule has 0 saturated carbocycles. The maximum absolute atomic E-state index is 12.0. The molecule has 0 atom stereocenters. The van der Waals surface area contributed by atoms with E-state index >= 15 is 0 Å². The minimum Gasteiger partial charge on any atom is -0.497 e. The van der Waals surface area contributed by atoms with E-state index in [1.807, 2.05) is 38.1 Å². The molecule has 0 fully saturated rings. The summed E-state index contributed by atoms with van der Waals surface area (Å²) in [6.07, 6.45) is 0.130. The van der Waals surface area contributed by atoms with Crippen LogP contribution in [0.25, 0.3) is 11.4 Å². The average molecular weight is 289 g/mol. The number of hydrogen-bond donors (Lipinski definition) is 0. The Bertz CT molecular complexity index is 588. The molecule has 2 rings (SSSR count). The smallest absolute Gasteiger partial charge is 0.236 e. The first-order valence-corrected chi connectivity index (χ1v) is 6.92. The van der Waals surface area contributed by atoms with Crippen LogP contribution in [0.2, 0.25) is 0 Å². The van der Waals surface area contributed by atoms with Crippen LogP contribution in [0.3, 0.4) is 0 Å². The summed E-state index contributed by atoms with van der Waals surface area (Å²) in [4.78, 5) is 18.0. The SMILES string of the molecule is CCN(CC)C(=O)Cc1nc(-c2ccc(OC)cc2)no1. The Balaban J connectivity index is 2.08. The summed E-state index contributed by atoms with van der Waals surface area (Å²) >= 11 is 0. The van der Waals surface area contributed by atoms with Gasteiger partial charge in [-0.1, -0.05) is 5.16 Å². The lowest BCUT2D eigenvalue weighted by Gasteiger charge is -2.17. The Morgan fingerprint density at radius 2 is 1.90 bits per heavy atom. The molecule has 1 amide bonds. The largest absolute Gasteiger partial charge is 0.497 e. The summed E-state index contributed by atoms with van der Waals surface area (Å²) in [5.41, 5.74) is 0.820. The van der Waals surface area contributed by atoms with Gasteiger partial charge in [-0.2, -0.15) is 4.98 Å². The lowest BCUT2D eigenvalue weighted by molar-refractivity contribution is -0.130. The molecule has 0 aliphatic heterocycles. The normalized spacial score (nSPS) is 10.4. The Morgan fingerprint density at radius 1 is 1.24 bits per heavy atom. The number of rotatable bonds is 6. The molecule has 0 radical (unpaired) electrons. The van der Waals surface area contributed by atoms with Gasteiger partial charge in [0.15, 0.2) is 0 Å².